The first-order valence-electron chi connectivity index (χ1n) is 12.5. The molecule has 190 valence electrons. The molecule has 3 rings (SSSR count). The Labute approximate surface area is 210 Å². The van der Waals surface area contributed by atoms with E-state index in [4.69, 9.17) is 18.9 Å². The first-order valence-corrected chi connectivity index (χ1v) is 12.5. The van der Waals surface area contributed by atoms with Gasteiger partial charge in [0.1, 0.15) is 0 Å². The fourth-order valence-corrected chi connectivity index (χ4v) is 5.66. The Balaban J connectivity index is 1.73. The van der Waals surface area contributed by atoms with Crippen molar-refractivity contribution in [1.29, 1.82) is 5.26 Å². The van der Waals surface area contributed by atoms with Crippen LogP contribution in [-0.4, -0.2) is 41.0 Å². The van der Waals surface area contributed by atoms with Crippen LogP contribution in [0.25, 0.3) is 0 Å². The van der Waals surface area contributed by atoms with Crippen LogP contribution in [-0.2, 0) is 11.8 Å². The van der Waals surface area contributed by atoms with Crippen LogP contribution in [0.4, 0.5) is 0 Å². The molecule has 0 aliphatic heterocycles. The Kier molecular flexibility index (Phi) is 9.28. The molecule has 0 bridgehead atoms. The smallest absolute Gasteiger partial charge is 0.161 e. The standard InChI is InChI=1S/C29H40N2O4/c1-20(2)29(19-30,23-11-13-26(33-4)28(18-23)35-6)22-8-7-9-24(17-22)31-15-14-21-10-12-25(32-3)27(16-21)34-5/h10-13,16,18,20,22,24,31H,7-9,14-15,17H2,1-6H3/t22?,24?,29-/m0/s1. The summed E-state index contributed by atoms with van der Waals surface area (Å²) >= 11 is 0. The van der Waals surface area contributed by atoms with E-state index in [2.05, 4.69) is 31.3 Å². The predicted molar refractivity (Wildman–Crippen MR) is 139 cm³/mol. The molecule has 0 aromatic heterocycles. The van der Waals surface area contributed by atoms with Gasteiger partial charge in [0.05, 0.1) is 39.9 Å². The quantitative estimate of drug-likeness (QED) is 0.456. The number of rotatable bonds is 11. The zero-order valence-electron chi connectivity index (χ0n) is 22.0. The molecule has 35 heavy (non-hydrogen) atoms. The lowest BCUT2D eigenvalue weighted by Gasteiger charge is -2.43. The molecule has 0 saturated heterocycles. The lowest BCUT2D eigenvalue weighted by Crippen LogP contribution is -2.45. The average Bonchev–Trinajstić information content (AvgIpc) is 2.89. The Morgan fingerprint density at radius 2 is 1.54 bits per heavy atom. The summed E-state index contributed by atoms with van der Waals surface area (Å²) in [6.07, 6.45) is 5.18. The van der Waals surface area contributed by atoms with Crippen LogP contribution in [0.5, 0.6) is 23.0 Å². The second kappa shape index (κ2) is 12.2. The molecule has 2 aromatic rings. The molecule has 6 heteroatoms. The van der Waals surface area contributed by atoms with Crippen LogP contribution in [0.1, 0.15) is 50.7 Å². The molecule has 1 aliphatic rings. The maximum atomic E-state index is 10.6. The molecule has 6 nitrogen and oxygen atoms in total. The molecule has 1 saturated carbocycles. The third kappa shape index (κ3) is 5.67. The highest BCUT2D eigenvalue weighted by Crippen LogP contribution is 2.47. The maximum Gasteiger partial charge on any atom is 0.161 e. The van der Waals surface area contributed by atoms with Gasteiger partial charge in [-0.05, 0) is 79.5 Å². The van der Waals surface area contributed by atoms with Gasteiger partial charge in [-0.25, -0.2) is 0 Å². The minimum absolute atomic E-state index is 0.168. The van der Waals surface area contributed by atoms with Gasteiger partial charge in [-0.15, -0.1) is 0 Å². The highest BCUT2D eigenvalue weighted by atomic mass is 16.5. The Morgan fingerprint density at radius 3 is 2.14 bits per heavy atom. The summed E-state index contributed by atoms with van der Waals surface area (Å²) < 4.78 is 21.8. The number of nitrogens with zero attached hydrogens (tertiary/aromatic N) is 1. The summed E-state index contributed by atoms with van der Waals surface area (Å²) in [4.78, 5) is 0. The summed E-state index contributed by atoms with van der Waals surface area (Å²) in [5.74, 6) is 3.29. The normalized spacial score (nSPS) is 19.5. The van der Waals surface area contributed by atoms with Gasteiger partial charge in [-0.2, -0.15) is 5.26 Å². The fraction of sp³-hybridized carbons (Fsp3) is 0.552. The van der Waals surface area contributed by atoms with E-state index in [0.717, 1.165) is 55.7 Å². The Morgan fingerprint density at radius 1 is 0.914 bits per heavy atom. The van der Waals surface area contributed by atoms with Gasteiger partial charge in [0.15, 0.2) is 23.0 Å². The molecular formula is C29H40N2O4. The summed E-state index contributed by atoms with van der Waals surface area (Å²) in [6.45, 7) is 5.20. The number of nitriles is 1. The Hall–Kier alpha value is -2.91. The van der Waals surface area contributed by atoms with E-state index in [9.17, 15) is 5.26 Å². The van der Waals surface area contributed by atoms with Gasteiger partial charge in [-0.1, -0.05) is 32.4 Å². The number of methoxy groups -OCH3 is 4. The van der Waals surface area contributed by atoms with Crippen molar-refractivity contribution in [3.05, 3.63) is 47.5 Å². The molecule has 3 atom stereocenters. The van der Waals surface area contributed by atoms with Crippen LogP contribution in [0.15, 0.2) is 36.4 Å². The van der Waals surface area contributed by atoms with Crippen LogP contribution >= 0.6 is 0 Å². The van der Waals surface area contributed by atoms with Gasteiger partial charge in [-0.3, -0.25) is 0 Å². The SMILES string of the molecule is COc1ccc(CCNC2CCCC([C@@](C#N)(c3ccc(OC)c(OC)c3)C(C)C)C2)cc1OC. The highest BCUT2D eigenvalue weighted by molar-refractivity contribution is 5.48. The van der Waals surface area contributed by atoms with E-state index in [1.54, 1.807) is 28.4 Å². The first kappa shape index (κ1) is 26.7. The van der Waals surface area contributed by atoms with E-state index in [1.807, 2.05) is 30.3 Å². The van der Waals surface area contributed by atoms with E-state index in [1.165, 1.54) is 5.56 Å². The van der Waals surface area contributed by atoms with E-state index in [-0.39, 0.29) is 11.8 Å². The van der Waals surface area contributed by atoms with Gasteiger partial charge in [0, 0.05) is 6.04 Å². The van der Waals surface area contributed by atoms with Crippen LogP contribution in [0, 0.1) is 23.2 Å². The number of hydrogen-bond donors (Lipinski definition) is 1. The topological polar surface area (TPSA) is 72.7 Å². The van der Waals surface area contributed by atoms with E-state index in [0.29, 0.717) is 17.5 Å². The minimum Gasteiger partial charge on any atom is -0.493 e. The van der Waals surface area contributed by atoms with Gasteiger partial charge in [0.25, 0.3) is 0 Å². The number of ether oxygens (including phenoxy) is 4. The van der Waals surface area contributed by atoms with Crippen LogP contribution < -0.4 is 24.3 Å². The van der Waals surface area contributed by atoms with Crippen molar-refractivity contribution in [2.24, 2.45) is 11.8 Å². The summed E-state index contributed by atoms with van der Waals surface area (Å²) in [5, 5.41) is 14.3. The summed E-state index contributed by atoms with van der Waals surface area (Å²) in [5.41, 5.74) is 1.65. The zero-order chi connectivity index (χ0) is 25.4. The molecule has 0 spiro atoms. The maximum absolute atomic E-state index is 10.6. The van der Waals surface area contributed by atoms with Gasteiger partial charge in [0.2, 0.25) is 0 Å². The van der Waals surface area contributed by atoms with Gasteiger partial charge < -0.3 is 24.3 Å². The summed E-state index contributed by atoms with van der Waals surface area (Å²) in [6, 6.07) is 15.2. The first-order chi connectivity index (χ1) is 16.9. The predicted octanol–water partition coefficient (Wildman–Crippen LogP) is 5.53. The van der Waals surface area contributed by atoms with Gasteiger partial charge >= 0.3 is 0 Å². The Bertz CT molecular complexity index is 1020. The van der Waals surface area contributed by atoms with Crippen molar-refractivity contribution in [1.82, 2.24) is 5.32 Å². The second-order valence-electron chi connectivity index (χ2n) is 9.66. The van der Waals surface area contributed by atoms with Crippen molar-refractivity contribution in [2.75, 3.05) is 35.0 Å². The van der Waals surface area contributed by atoms with E-state index < -0.39 is 5.41 Å². The molecular weight excluding hydrogens is 440 g/mol. The molecule has 1 aliphatic carbocycles. The minimum atomic E-state index is -0.580. The molecule has 1 fully saturated rings. The summed E-state index contributed by atoms with van der Waals surface area (Å²) in [7, 11) is 6.59. The molecule has 0 heterocycles. The molecule has 2 unspecified atom stereocenters. The highest BCUT2D eigenvalue weighted by Gasteiger charge is 2.45. The number of hydrogen-bond acceptors (Lipinski definition) is 6. The molecule has 1 N–H and O–H groups in total. The fourth-order valence-electron chi connectivity index (χ4n) is 5.66. The van der Waals surface area contributed by atoms with E-state index >= 15 is 0 Å². The average molecular weight is 481 g/mol. The third-order valence-corrected chi connectivity index (χ3v) is 7.57. The largest absolute Gasteiger partial charge is 0.493 e. The van der Waals surface area contributed by atoms with Crippen molar-refractivity contribution in [3.8, 4) is 29.1 Å². The van der Waals surface area contributed by atoms with Crippen molar-refractivity contribution < 1.29 is 18.9 Å². The second-order valence-corrected chi connectivity index (χ2v) is 9.66. The third-order valence-electron chi connectivity index (χ3n) is 7.57. The van der Waals surface area contributed by atoms with Crippen LogP contribution in [0.2, 0.25) is 0 Å². The van der Waals surface area contributed by atoms with Crippen molar-refractivity contribution in [3.63, 3.8) is 0 Å². The molecule has 0 amide bonds. The monoisotopic (exact) mass is 480 g/mol. The zero-order valence-corrected chi connectivity index (χ0v) is 22.0. The van der Waals surface area contributed by atoms with Crippen molar-refractivity contribution >= 4 is 0 Å². The molecule has 0 radical (unpaired) electrons. The molecule has 2 aromatic carbocycles. The van der Waals surface area contributed by atoms with Crippen LogP contribution in [0.3, 0.4) is 0 Å². The van der Waals surface area contributed by atoms with Crippen molar-refractivity contribution in [2.45, 2.75) is 57.4 Å². The number of benzene rings is 2. The lowest BCUT2D eigenvalue weighted by molar-refractivity contribution is 0.173. The lowest BCUT2D eigenvalue weighted by atomic mass is 9.60. The number of nitrogens with one attached hydrogen (secondary N) is 1.